The Labute approximate surface area is 122 Å². The van der Waals surface area contributed by atoms with Gasteiger partial charge in [-0.2, -0.15) is 0 Å². The summed E-state index contributed by atoms with van der Waals surface area (Å²) in [4.78, 5) is 0. The molecule has 2 N–H and O–H groups in total. The molecule has 0 aliphatic heterocycles. The van der Waals surface area contributed by atoms with Crippen LogP contribution < -0.4 is 10.1 Å². The zero-order valence-corrected chi connectivity index (χ0v) is 11.9. The number of aliphatic hydroxyl groups excluding tert-OH is 1. The van der Waals surface area contributed by atoms with Crippen molar-refractivity contribution in [2.45, 2.75) is 13.0 Å². The van der Waals surface area contributed by atoms with Crippen molar-refractivity contribution >= 4 is 5.69 Å². The summed E-state index contributed by atoms with van der Waals surface area (Å²) in [6.07, 6.45) is -1.29. The number of anilines is 1. The number of methoxy groups -OCH3 is 1. The minimum Gasteiger partial charge on any atom is -0.495 e. The zero-order chi connectivity index (χ0) is 15.4. The number of nitrogens with one attached hydrogen (secondary N) is 1. The van der Waals surface area contributed by atoms with Crippen molar-refractivity contribution in [2.75, 3.05) is 19.0 Å². The van der Waals surface area contributed by atoms with E-state index in [1.807, 2.05) is 19.1 Å². The predicted octanol–water partition coefficient (Wildman–Crippen LogP) is 3.43. The molecule has 0 amide bonds. The number of benzene rings is 2. The third-order valence-corrected chi connectivity index (χ3v) is 3.17. The summed E-state index contributed by atoms with van der Waals surface area (Å²) in [5, 5.41) is 12.9. The number of halogens is 2. The number of hydrogen-bond donors (Lipinski definition) is 2. The van der Waals surface area contributed by atoms with Crippen molar-refractivity contribution in [3.63, 3.8) is 0 Å². The fourth-order valence-corrected chi connectivity index (χ4v) is 2.10. The van der Waals surface area contributed by atoms with E-state index in [1.165, 1.54) is 13.2 Å². The largest absolute Gasteiger partial charge is 0.495 e. The molecule has 2 aromatic rings. The molecule has 1 atom stereocenters. The average molecular weight is 293 g/mol. The normalized spacial score (nSPS) is 12.0. The van der Waals surface area contributed by atoms with E-state index in [0.29, 0.717) is 11.4 Å². The SMILES string of the molecule is COc1ccc(C)cc1NCC(O)c1c(F)cccc1F. The maximum atomic E-state index is 13.6. The quantitative estimate of drug-likeness (QED) is 0.887. The second kappa shape index (κ2) is 6.54. The molecule has 1 unspecified atom stereocenters. The summed E-state index contributed by atoms with van der Waals surface area (Å²) in [7, 11) is 1.53. The molecule has 5 heteroatoms. The molecular formula is C16H17F2NO2. The molecule has 0 spiro atoms. The maximum absolute atomic E-state index is 13.6. The predicted molar refractivity (Wildman–Crippen MR) is 77.5 cm³/mol. The van der Waals surface area contributed by atoms with Crippen LogP contribution in [0.25, 0.3) is 0 Å². The molecule has 112 valence electrons. The fourth-order valence-electron chi connectivity index (χ4n) is 2.10. The molecule has 0 radical (unpaired) electrons. The Morgan fingerprint density at radius 2 is 1.86 bits per heavy atom. The van der Waals surface area contributed by atoms with Crippen molar-refractivity contribution in [2.24, 2.45) is 0 Å². The topological polar surface area (TPSA) is 41.5 Å². The smallest absolute Gasteiger partial charge is 0.141 e. The molecule has 0 saturated heterocycles. The molecule has 0 aliphatic carbocycles. The van der Waals surface area contributed by atoms with Crippen molar-refractivity contribution in [1.29, 1.82) is 0 Å². The third-order valence-electron chi connectivity index (χ3n) is 3.17. The lowest BCUT2D eigenvalue weighted by atomic mass is 10.1. The molecule has 3 nitrogen and oxygen atoms in total. The summed E-state index contributed by atoms with van der Waals surface area (Å²) in [5.41, 5.74) is 1.33. The highest BCUT2D eigenvalue weighted by molar-refractivity contribution is 5.58. The number of rotatable bonds is 5. The Balaban J connectivity index is 2.14. The van der Waals surface area contributed by atoms with Gasteiger partial charge < -0.3 is 15.2 Å². The van der Waals surface area contributed by atoms with Crippen molar-refractivity contribution < 1.29 is 18.6 Å². The first-order valence-electron chi connectivity index (χ1n) is 6.53. The second-order valence-corrected chi connectivity index (χ2v) is 4.74. The van der Waals surface area contributed by atoms with Crippen LogP contribution in [0.2, 0.25) is 0 Å². The Morgan fingerprint density at radius 3 is 2.48 bits per heavy atom. The molecule has 0 fully saturated rings. The first-order valence-corrected chi connectivity index (χ1v) is 6.53. The van der Waals surface area contributed by atoms with Crippen LogP contribution >= 0.6 is 0 Å². The monoisotopic (exact) mass is 293 g/mol. The van der Waals surface area contributed by atoms with Crippen LogP contribution in [0.3, 0.4) is 0 Å². The van der Waals surface area contributed by atoms with E-state index in [1.54, 1.807) is 6.07 Å². The van der Waals surface area contributed by atoms with Crippen molar-refractivity contribution in [1.82, 2.24) is 0 Å². The molecule has 21 heavy (non-hydrogen) atoms. The standard InChI is InChI=1S/C16H17F2NO2/c1-10-6-7-15(21-2)13(8-10)19-9-14(20)16-11(17)4-3-5-12(16)18/h3-8,14,19-20H,9H2,1-2H3. The van der Waals surface area contributed by atoms with E-state index >= 15 is 0 Å². The van der Waals surface area contributed by atoms with Crippen LogP contribution in [0.4, 0.5) is 14.5 Å². The van der Waals surface area contributed by atoms with Gasteiger partial charge in [-0.15, -0.1) is 0 Å². The molecule has 0 bridgehead atoms. The van der Waals surface area contributed by atoms with E-state index in [9.17, 15) is 13.9 Å². The van der Waals surface area contributed by atoms with Gasteiger partial charge in [0.25, 0.3) is 0 Å². The van der Waals surface area contributed by atoms with E-state index in [2.05, 4.69) is 5.32 Å². The maximum Gasteiger partial charge on any atom is 0.141 e. The Bertz CT molecular complexity index is 611. The molecule has 0 aliphatic rings. The summed E-state index contributed by atoms with van der Waals surface area (Å²) < 4.78 is 32.4. The Kier molecular flexibility index (Phi) is 4.75. The number of ether oxygens (including phenoxy) is 1. The van der Waals surface area contributed by atoms with E-state index < -0.39 is 17.7 Å². The summed E-state index contributed by atoms with van der Waals surface area (Å²) in [5.74, 6) is -0.928. The van der Waals surface area contributed by atoms with Gasteiger partial charge in [-0.1, -0.05) is 12.1 Å². The second-order valence-electron chi connectivity index (χ2n) is 4.74. The highest BCUT2D eigenvalue weighted by atomic mass is 19.1. The average Bonchev–Trinajstić information content (AvgIpc) is 2.45. The minimum atomic E-state index is -1.29. The highest BCUT2D eigenvalue weighted by Gasteiger charge is 2.18. The molecule has 2 aromatic carbocycles. The Hall–Kier alpha value is -2.14. The molecular weight excluding hydrogens is 276 g/mol. The van der Waals surface area contributed by atoms with Crippen LogP contribution in [0, 0.1) is 18.6 Å². The molecule has 0 heterocycles. The van der Waals surface area contributed by atoms with Crippen molar-refractivity contribution in [3.8, 4) is 5.75 Å². The Morgan fingerprint density at radius 1 is 1.19 bits per heavy atom. The highest BCUT2D eigenvalue weighted by Crippen LogP contribution is 2.27. The first-order chi connectivity index (χ1) is 10.0. The molecule has 2 rings (SSSR count). The van der Waals surface area contributed by atoms with E-state index in [4.69, 9.17) is 4.74 Å². The van der Waals surface area contributed by atoms with Gasteiger partial charge in [0, 0.05) is 6.54 Å². The zero-order valence-electron chi connectivity index (χ0n) is 11.9. The lowest BCUT2D eigenvalue weighted by Gasteiger charge is -2.16. The molecule has 0 aromatic heterocycles. The van der Waals surface area contributed by atoms with Gasteiger partial charge in [0.15, 0.2) is 0 Å². The van der Waals surface area contributed by atoms with Crippen LogP contribution in [-0.2, 0) is 0 Å². The lowest BCUT2D eigenvalue weighted by Crippen LogP contribution is -2.15. The number of hydrogen-bond acceptors (Lipinski definition) is 3. The van der Waals surface area contributed by atoms with Gasteiger partial charge in [-0.3, -0.25) is 0 Å². The van der Waals surface area contributed by atoms with Gasteiger partial charge in [-0.05, 0) is 36.8 Å². The van der Waals surface area contributed by atoms with Gasteiger partial charge >= 0.3 is 0 Å². The van der Waals surface area contributed by atoms with Crippen LogP contribution in [-0.4, -0.2) is 18.8 Å². The summed E-state index contributed by atoms with van der Waals surface area (Å²) in [6.45, 7) is 1.88. The van der Waals surface area contributed by atoms with Crippen LogP contribution in [0.5, 0.6) is 5.75 Å². The fraction of sp³-hybridized carbons (Fsp3) is 0.250. The minimum absolute atomic E-state index is 0.0301. The van der Waals surface area contributed by atoms with Crippen molar-refractivity contribution in [3.05, 3.63) is 59.2 Å². The van der Waals surface area contributed by atoms with Gasteiger partial charge in [0.1, 0.15) is 23.5 Å². The van der Waals surface area contributed by atoms with Gasteiger partial charge in [0.2, 0.25) is 0 Å². The summed E-state index contributed by atoms with van der Waals surface area (Å²) >= 11 is 0. The van der Waals surface area contributed by atoms with E-state index in [0.717, 1.165) is 17.7 Å². The number of aliphatic hydroxyl groups is 1. The number of aryl methyl sites for hydroxylation is 1. The lowest BCUT2D eigenvalue weighted by molar-refractivity contribution is 0.181. The first kappa shape index (κ1) is 15.3. The third kappa shape index (κ3) is 3.49. The van der Waals surface area contributed by atoms with Crippen LogP contribution in [0.1, 0.15) is 17.2 Å². The van der Waals surface area contributed by atoms with E-state index in [-0.39, 0.29) is 12.1 Å². The van der Waals surface area contributed by atoms with Gasteiger partial charge in [-0.25, -0.2) is 8.78 Å². The summed E-state index contributed by atoms with van der Waals surface area (Å²) in [6, 6.07) is 9.01. The molecule has 0 saturated carbocycles. The van der Waals surface area contributed by atoms with Crippen LogP contribution in [0.15, 0.2) is 36.4 Å². The van der Waals surface area contributed by atoms with Gasteiger partial charge in [0.05, 0.1) is 18.4 Å².